The van der Waals surface area contributed by atoms with Crippen LogP contribution in [0.1, 0.15) is 11.1 Å². The number of aliphatic carboxylic acids is 1. The van der Waals surface area contributed by atoms with Crippen molar-refractivity contribution >= 4 is 50.9 Å². The summed E-state index contributed by atoms with van der Waals surface area (Å²) in [6.07, 6.45) is 2.13. The summed E-state index contributed by atoms with van der Waals surface area (Å²) < 4.78 is 6.01. The highest BCUT2D eigenvalue weighted by atomic mass is 79.9. The van der Waals surface area contributed by atoms with Crippen molar-refractivity contribution in [2.45, 2.75) is 6.42 Å². The van der Waals surface area contributed by atoms with Gasteiger partial charge in [0, 0.05) is 16.6 Å². The van der Waals surface area contributed by atoms with Crippen LogP contribution in [0, 0.1) is 0 Å². The quantitative estimate of drug-likeness (QED) is 0.622. The molecular formula is C20H16BrNO5S. The molecule has 3 rings (SSSR count). The molecule has 0 atom stereocenters. The third-order valence-electron chi connectivity index (χ3n) is 3.95. The number of carboxylic acid groups (broad SMARTS) is 1. The summed E-state index contributed by atoms with van der Waals surface area (Å²) in [4.78, 5) is 37.2. The maximum atomic E-state index is 12.7. The van der Waals surface area contributed by atoms with Crippen LogP contribution < -0.4 is 4.74 Å². The van der Waals surface area contributed by atoms with Crippen LogP contribution in [0.2, 0.25) is 0 Å². The van der Waals surface area contributed by atoms with Crippen LogP contribution in [-0.2, 0) is 16.0 Å². The third-order valence-corrected chi connectivity index (χ3v) is 5.35. The molecule has 2 amide bonds. The van der Waals surface area contributed by atoms with E-state index in [9.17, 15) is 14.4 Å². The van der Waals surface area contributed by atoms with Crippen molar-refractivity contribution in [2.24, 2.45) is 0 Å². The number of benzene rings is 2. The Morgan fingerprint density at radius 3 is 2.64 bits per heavy atom. The summed E-state index contributed by atoms with van der Waals surface area (Å²) in [5, 5.41) is 8.49. The molecule has 0 saturated carbocycles. The number of thioether (sulfide) groups is 1. The molecule has 0 aromatic heterocycles. The van der Waals surface area contributed by atoms with Crippen molar-refractivity contribution in [2.75, 3.05) is 13.2 Å². The summed E-state index contributed by atoms with van der Waals surface area (Å²) in [7, 11) is 0. The van der Waals surface area contributed by atoms with Crippen LogP contribution in [0.5, 0.6) is 5.75 Å². The largest absolute Gasteiger partial charge is 0.481 e. The number of ether oxygens (including phenoxy) is 1. The van der Waals surface area contributed by atoms with Crippen LogP contribution >= 0.6 is 27.7 Å². The van der Waals surface area contributed by atoms with Gasteiger partial charge in [0.05, 0.1) is 4.91 Å². The van der Waals surface area contributed by atoms with Crippen LogP contribution in [0.25, 0.3) is 6.08 Å². The first-order valence-corrected chi connectivity index (χ1v) is 9.98. The third kappa shape index (κ3) is 5.02. The topological polar surface area (TPSA) is 83.9 Å². The lowest BCUT2D eigenvalue weighted by molar-refractivity contribution is -0.139. The van der Waals surface area contributed by atoms with Crippen LogP contribution in [-0.4, -0.2) is 40.3 Å². The fraction of sp³-hybridized carbons (Fsp3) is 0.150. The first-order chi connectivity index (χ1) is 13.4. The molecule has 28 heavy (non-hydrogen) atoms. The summed E-state index contributed by atoms with van der Waals surface area (Å²) in [5.74, 6) is -1.15. The van der Waals surface area contributed by atoms with Crippen molar-refractivity contribution in [3.63, 3.8) is 0 Å². The van der Waals surface area contributed by atoms with Gasteiger partial charge in [-0.05, 0) is 48.0 Å². The maximum absolute atomic E-state index is 12.7. The molecule has 1 heterocycles. The number of imide groups is 1. The Morgan fingerprint density at radius 2 is 1.93 bits per heavy atom. The maximum Gasteiger partial charge on any atom is 0.341 e. The monoisotopic (exact) mass is 461 g/mol. The van der Waals surface area contributed by atoms with Crippen LogP contribution in [0.15, 0.2) is 57.9 Å². The zero-order chi connectivity index (χ0) is 20.1. The van der Waals surface area contributed by atoms with Crippen molar-refractivity contribution in [3.05, 3.63) is 69.0 Å². The Labute approximate surface area is 174 Å². The Morgan fingerprint density at radius 1 is 1.18 bits per heavy atom. The molecule has 1 aliphatic rings. The minimum absolute atomic E-state index is 0.274. The number of carbonyl (C=O) groups is 3. The second kappa shape index (κ2) is 9.07. The normalized spacial score (nSPS) is 15.3. The predicted molar refractivity (Wildman–Crippen MR) is 110 cm³/mol. The van der Waals surface area contributed by atoms with E-state index in [1.165, 1.54) is 4.90 Å². The Kier molecular flexibility index (Phi) is 6.53. The summed E-state index contributed by atoms with van der Waals surface area (Å²) in [6, 6.07) is 14.6. The lowest BCUT2D eigenvalue weighted by atomic mass is 10.1. The minimum atomic E-state index is -1.10. The smallest absolute Gasteiger partial charge is 0.341 e. The number of hydrogen-bond donors (Lipinski definition) is 1. The predicted octanol–water partition coefficient (Wildman–Crippen LogP) is 4.19. The highest BCUT2D eigenvalue weighted by Gasteiger charge is 2.34. The molecule has 1 aliphatic heterocycles. The zero-order valence-corrected chi connectivity index (χ0v) is 17.0. The molecule has 8 heteroatoms. The number of nitrogens with zero attached hydrogens (tertiary/aromatic N) is 1. The van der Waals surface area contributed by atoms with Gasteiger partial charge in [0.1, 0.15) is 5.75 Å². The molecule has 1 N–H and O–H groups in total. The molecule has 0 unspecified atom stereocenters. The molecule has 0 radical (unpaired) electrons. The number of amides is 2. The van der Waals surface area contributed by atoms with Crippen LogP contribution in [0.3, 0.4) is 0 Å². The van der Waals surface area contributed by atoms with Gasteiger partial charge in [0.2, 0.25) is 0 Å². The van der Waals surface area contributed by atoms with E-state index < -0.39 is 12.6 Å². The van der Waals surface area contributed by atoms with Gasteiger partial charge < -0.3 is 9.84 Å². The first kappa shape index (κ1) is 20.2. The fourth-order valence-electron chi connectivity index (χ4n) is 2.62. The number of halogens is 1. The highest BCUT2D eigenvalue weighted by Crippen LogP contribution is 2.35. The van der Waals surface area contributed by atoms with E-state index in [0.717, 1.165) is 21.8 Å². The van der Waals surface area contributed by atoms with E-state index in [1.807, 2.05) is 30.3 Å². The average molecular weight is 462 g/mol. The number of rotatable bonds is 7. The van der Waals surface area contributed by atoms with Gasteiger partial charge in [0.15, 0.2) is 6.61 Å². The summed E-state index contributed by atoms with van der Waals surface area (Å²) in [5.41, 5.74) is 1.56. The molecule has 6 nitrogen and oxygen atoms in total. The van der Waals surface area contributed by atoms with E-state index in [0.29, 0.717) is 24.3 Å². The fourth-order valence-corrected chi connectivity index (χ4v) is 3.86. The van der Waals surface area contributed by atoms with Crippen molar-refractivity contribution in [1.82, 2.24) is 4.90 Å². The molecule has 0 spiro atoms. The van der Waals surface area contributed by atoms with Gasteiger partial charge in [0.25, 0.3) is 11.1 Å². The van der Waals surface area contributed by atoms with Gasteiger partial charge in [-0.15, -0.1) is 0 Å². The minimum Gasteiger partial charge on any atom is -0.481 e. The lowest BCUT2D eigenvalue weighted by Gasteiger charge is -2.12. The van der Waals surface area contributed by atoms with Crippen molar-refractivity contribution in [1.29, 1.82) is 0 Å². The standard InChI is InChI=1S/C20H16BrNO5S/c21-15-6-7-16(27-12-18(23)24)14(10-15)11-17-19(25)22(20(26)28-17)9-8-13-4-2-1-3-5-13/h1-7,10-11H,8-9,12H2,(H,23,24)/b17-11-. The van der Waals surface area contributed by atoms with Gasteiger partial charge in [-0.25, -0.2) is 4.79 Å². The van der Waals surface area contributed by atoms with E-state index in [-0.39, 0.29) is 16.1 Å². The van der Waals surface area contributed by atoms with E-state index in [2.05, 4.69) is 15.9 Å². The Bertz CT molecular complexity index is 945. The zero-order valence-electron chi connectivity index (χ0n) is 14.6. The average Bonchev–Trinajstić information content (AvgIpc) is 2.93. The molecular weight excluding hydrogens is 446 g/mol. The van der Waals surface area contributed by atoms with Crippen LogP contribution in [0.4, 0.5) is 4.79 Å². The number of carbonyl (C=O) groups excluding carboxylic acids is 2. The van der Waals surface area contributed by atoms with Gasteiger partial charge >= 0.3 is 5.97 Å². The number of carboxylic acids is 1. The molecule has 2 aromatic rings. The van der Waals surface area contributed by atoms with E-state index in [1.54, 1.807) is 24.3 Å². The second-order valence-corrected chi connectivity index (χ2v) is 7.84. The van der Waals surface area contributed by atoms with Crippen molar-refractivity contribution in [3.8, 4) is 5.75 Å². The summed E-state index contributed by atoms with van der Waals surface area (Å²) >= 11 is 4.21. The SMILES string of the molecule is O=C(O)COc1ccc(Br)cc1/C=C1\SC(=O)N(CCc2ccccc2)C1=O. The number of hydrogen-bond acceptors (Lipinski definition) is 5. The molecule has 0 aliphatic carbocycles. The van der Waals surface area contributed by atoms with Gasteiger partial charge in [-0.1, -0.05) is 46.3 Å². The summed E-state index contributed by atoms with van der Waals surface area (Å²) in [6.45, 7) is -0.200. The Hall–Kier alpha value is -2.58. The van der Waals surface area contributed by atoms with Gasteiger partial charge in [-0.2, -0.15) is 0 Å². The molecule has 1 fully saturated rings. The highest BCUT2D eigenvalue weighted by molar-refractivity contribution is 9.10. The second-order valence-electron chi connectivity index (χ2n) is 5.93. The van der Waals surface area contributed by atoms with Gasteiger partial charge in [-0.3, -0.25) is 14.5 Å². The molecule has 1 saturated heterocycles. The molecule has 0 bridgehead atoms. The lowest BCUT2D eigenvalue weighted by Crippen LogP contribution is -2.30. The first-order valence-electron chi connectivity index (χ1n) is 8.37. The Balaban J connectivity index is 1.77. The molecule has 144 valence electrons. The molecule has 2 aromatic carbocycles. The van der Waals surface area contributed by atoms with E-state index >= 15 is 0 Å². The van der Waals surface area contributed by atoms with E-state index in [4.69, 9.17) is 9.84 Å². The van der Waals surface area contributed by atoms with Crippen molar-refractivity contribution < 1.29 is 24.2 Å².